The van der Waals surface area contributed by atoms with Gasteiger partial charge in [-0.05, 0) is 24.3 Å². The zero-order valence-corrected chi connectivity index (χ0v) is 11.7. The molecule has 0 aliphatic rings. The molecule has 0 saturated carbocycles. The smallest absolute Gasteiger partial charge is 0.232 e. The van der Waals surface area contributed by atoms with Gasteiger partial charge in [-0.25, -0.2) is 0 Å². The van der Waals surface area contributed by atoms with Crippen LogP contribution in [0.4, 0.5) is 5.69 Å². The number of aromatic nitrogens is 2. The first-order valence-electron chi connectivity index (χ1n) is 6.23. The molecular weight excluding hydrogens is 242 g/mol. The van der Waals surface area contributed by atoms with Gasteiger partial charge in [-0.1, -0.05) is 25.9 Å². The van der Waals surface area contributed by atoms with Crippen LogP contribution in [0.2, 0.25) is 0 Å². The molecule has 0 spiro atoms. The molecule has 1 aromatic heterocycles. The third kappa shape index (κ3) is 3.47. The van der Waals surface area contributed by atoms with E-state index in [1.54, 1.807) is 0 Å². The third-order valence-corrected chi connectivity index (χ3v) is 2.62. The maximum absolute atomic E-state index is 5.60. The number of nitrogens with zero attached hydrogens (tertiary/aromatic N) is 2. The van der Waals surface area contributed by atoms with Crippen LogP contribution in [-0.2, 0) is 12.0 Å². The van der Waals surface area contributed by atoms with Gasteiger partial charge >= 0.3 is 0 Å². The quantitative estimate of drug-likeness (QED) is 0.916. The van der Waals surface area contributed by atoms with Crippen molar-refractivity contribution in [2.45, 2.75) is 32.8 Å². The molecule has 102 valence electrons. The Bertz CT molecular complexity index is 526. The summed E-state index contributed by atoms with van der Waals surface area (Å²) in [5, 5.41) is 6.96. The summed E-state index contributed by atoms with van der Waals surface area (Å²) in [5.74, 6) is 1.96. The second kappa shape index (κ2) is 5.30. The van der Waals surface area contributed by atoms with E-state index in [0.29, 0.717) is 18.3 Å². The molecule has 1 aromatic carbocycles. The topological polar surface area (TPSA) is 60.2 Å². The number of ether oxygens (including phenoxy) is 1. The van der Waals surface area contributed by atoms with Crippen LogP contribution >= 0.6 is 0 Å². The van der Waals surface area contributed by atoms with Gasteiger partial charge in [0.2, 0.25) is 11.7 Å². The van der Waals surface area contributed by atoms with E-state index in [4.69, 9.17) is 9.26 Å². The van der Waals surface area contributed by atoms with Gasteiger partial charge in [-0.15, -0.1) is 0 Å². The average Bonchev–Trinajstić information content (AvgIpc) is 2.86. The summed E-state index contributed by atoms with van der Waals surface area (Å²) in [7, 11) is 1.88. The Kier molecular flexibility index (Phi) is 3.74. The first-order valence-corrected chi connectivity index (χ1v) is 6.23. The minimum Gasteiger partial charge on any atom is -0.485 e. The molecule has 0 unspecified atom stereocenters. The lowest BCUT2D eigenvalue weighted by atomic mass is 9.97. The maximum Gasteiger partial charge on any atom is 0.232 e. The minimum atomic E-state index is -0.139. The van der Waals surface area contributed by atoms with Crippen molar-refractivity contribution < 1.29 is 9.26 Å². The van der Waals surface area contributed by atoms with Gasteiger partial charge in [-0.2, -0.15) is 4.98 Å². The number of hydrogen-bond donors (Lipinski definition) is 1. The second-order valence-electron chi connectivity index (χ2n) is 5.33. The Morgan fingerprint density at radius 3 is 2.42 bits per heavy atom. The molecule has 1 heterocycles. The molecule has 0 bridgehead atoms. The van der Waals surface area contributed by atoms with Gasteiger partial charge in [0.05, 0.1) is 0 Å². The molecule has 0 aliphatic carbocycles. The van der Waals surface area contributed by atoms with Crippen molar-refractivity contribution in [2.24, 2.45) is 0 Å². The van der Waals surface area contributed by atoms with Crippen LogP contribution in [0.15, 0.2) is 28.8 Å². The van der Waals surface area contributed by atoms with Crippen LogP contribution in [0.25, 0.3) is 0 Å². The van der Waals surface area contributed by atoms with Crippen LogP contribution in [0.3, 0.4) is 0 Å². The Morgan fingerprint density at radius 2 is 1.89 bits per heavy atom. The maximum atomic E-state index is 5.60. The Balaban J connectivity index is 1.96. The van der Waals surface area contributed by atoms with E-state index >= 15 is 0 Å². The van der Waals surface area contributed by atoms with Gasteiger partial charge in [-0.3, -0.25) is 0 Å². The van der Waals surface area contributed by atoms with E-state index in [0.717, 1.165) is 11.4 Å². The summed E-state index contributed by atoms with van der Waals surface area (Å²) in [6.45, 7) is 6.39. The lowest BCUT2D eigenvalue weighted by molar-refractivity contribution is 0.280. The van der Waals surface area contributed by atoms with Gasteiger partial charge < -0.3 is 14.6 Å². The molecular formula is C14H19N3O2. The van der Waals surface area contributed by atoms with Crippen LogP contribution in [0.1, 0.15) is 32.5 Å². The minimum absolute atomic E-state index is 0.139. The largest absolute Gasteiger partial charge is 0.485 e. The number of anilines is 1. The summed E-state index contributed by atoms with van der Waals surface area (Å²) in [4.78, 5) is 4.32. The monoisotopic (exact) mass is 261 g/mol. The predicted octanol–water partition coefficient (Wildman–Crippen LogP) is 2.99. The third-order valence-electron chi connectivity index (χ3n) is 2.62. The van der Waals surface area contributed by atoms with E-state index in [-0.39, 0.29) is 5.41 Å². The highest BCUT2D eigenvalue weighted by Gasteiger charge is 2.21. The summed E-state index contributed by atoms with van der Waals surface area (Å²) in [6, 6.07) is 7.70. The average molecular weight is 261 g/mol. The van der Waals surface area contributed by atoms with Crippen LogP contribution in [0.5, 0.6) is 5.75 Å². The number of hydrogen-bond acceptors (Lipinski definition) is 5. The number of benzene rings is 1. The zero-order chi connectivity index (χ0) is 13.9. The molecule has 0 amide bonds. The van der Waals surface area contributed by atoms with Gasteiger partial charge in [0.1, 0.15) is 5.75 Å². The lowest BCUT2D eigenvalue weighted by Crippen LogP contribution is -2.11. The molecule has 5 heteroatoms. The van der Waals surface area contributed by atoms with E-state index in [9.17, 15) is 0 Å². The molecule has 1 N–H and O–H groups in total. The van der Waals surface area contributed by atoms with Gasteiger partial charge in [0.15, 0.2) is 6.61 Å². The standard InChI is InChI=1S/C14H19N3O2/c1-14(2,3)13-16-12(17-19-13)9-18-11-7-5-10(15-4)6-8-11/h5-8,15H,9H2,1-4H3. The Hall–Kier alpha value is -2.04. The number of rotatable bonds is 4. The van der Waals surface area contributed by atoms with Gasteiger partial charge in [0.25, 0.3) is 0 Å². The molecule has 2 aromatic rings. The van der Waals surface area contributed by atoms with Gasteiger partial charge in [0, 0.05) is 18.2 Å². The van der Waals surface area contributed by atoms with Crippen molar-refractivity contribution in [2.75, 3.05) is 12.4 Å². The zero-order valence-electron chi connectivity index (χ0n) is 11.7. The highest BCUT2D eigenvalue weighted by Crippen LogP contribution is 2.20. The second-order valence-corrected chi connectivity index (χ2v) is 5.33. The van der Waals surface area contributed by atoms with E-state index in [2.05, 4.69) is 15.5 Å². The van der Waals surface area contributed by atoms with Crippen molar-refractivity contribution >= 4 is 5.69 Å². The van der Waals surface area contributed by atoms with Crippen molar-refractivity contribution in [3.63, 3.8) is 0 Å². The van der Waals surface area contributed by atoms with E-state index in [1.807, 2.05) is 52.1 Å². The molecule has 0 atom stereocenters. The summed E-state index contributed by atoms with van der Waals surface area (Å²) in [5.41, 5.74) is 0.904. The molecule has 5 nitrogen and oxygen atoms in total. The van der Waals surface area contributed by atoms with Crippen molar-refractivity contribution in [3.05, 3.63) is 36.0 Å². The fourth-order valence-electron chi connectivity index (χ4n) is 1.48. The highest BCUT2D eigenvalue weighted by molar-refractivity contribution is 5.45. The fraction of sp³-hybridized carbons (Fsp3) is 0.429. The molecule has 0 saturated heterocycles. The van der Waals surface area contributed by atoms with E-state index in [1.165, 1.54) is 0 Å². The molecule has 0 fully saturated rings. The SMILES string of the molecule is CNc1ccc(OCc2noc(C(C)(C)C)n2)cc1. The normalized spacial score (nSPS) is 11.4. The fourth-order valence-corrected chi connectivity index (χ4v) is 1.48. The summed E-state index contributed by atoms with van der Waals surface area (Å²) in [6.07, 6.45) is 0. The first kappa shape index (κ1) is 13.4. The molecule has 0 aliphatic heterocycles. The van der Waals surface area contributed by atoms with Crippen LogP contribution in [0, 0.1) is 0 Å². The Morgan fingerprint density at radius 1 is 1.21 bits per heavy atom. The molecule has 2 rings (SSSR count). The van der Waals surface area contributed by atoms with Crippen molar-refractivity contribution in [3.8, 4) is 5.75 Å². The number of nitrogens with one attached hydrogen (secondary N) is 1. The van der Waals surface area contributed by atoms with E-state index < -0.39 is 0 Å². The highest BCUT2D eigenvalue weighted by atomic mass is 16.5. The van der Waals surface area contributed by atoms with Crippen LogP contribution < -0.4 is 10.1 Å². The summed E-state index contributed by atoms with van der Waals surface area (Å²) < 4.78 is 10.8. The van der Waals surface area contributed by atoms with Crippen molar-refractivity contribution in [1.29, 1.82) is 0 Å². The lowest BCUT2D eigenvalue weighted by Gasteiger charge is -2.10. The molecule has 19 heavy (non-hydrogen) atoms. The summed E-state index contributed by atoms with van der Waals surface area (Å²) >= 11 is 0. The Labute approximate surface area is 113 Å². The first-order chi connectivity index (χ1) is 8.99. The predicted molar refractivity (Wildman–Crippen MR) is 73.3 cm³/mol. The molecule has 0 radical (unpaired) electrons. The van der Waals surface area contributed by atoms with Crippen LogP contribution in [-0.4, -0.2) is 17.2 Å². The van der Waals surface area contributed by atoms with Crippen molar-refractivity contribution in [1.82, 2.24) is 10.1 Å².